The molecule has 1 aliphatic heterocycles. The summed E-state index contributed by atoms with van der Waals surface area (Å²) in [5.74, 6) is 1.92. The second kappa shape index (κ2) is 8.77. The highest BCUT2D eigenvalue weighted by molar-refractivity contribution is 7.86. The summed E-state index contributed by atoms with van der Waals surface area (Å²) in [7, 11) is -0.139. The van der Waals surface area contributed by atoms with Crippen LogP contribution in [0.3, 0.4) is 0 Å². The molecule has 27 heavy (non-hydrogen) atoms. The number of rotatable bonds is 7. The van der Waals surface area contributed by atoms with Crippen molar-refractivity contribution in [2.24, 2.45) is 5.92 Å². The summed E-state index contributed by atoms with van der Waals surface area (Å²) in [5, 5.41) is 3.21. The monoisotopic (exact) mass is 389 g/mol. The molecule has 7 nitrogen and oxygen atoms in total. The lowest BCUT2D eigenvalue weighted by Crippen LogP contribution is -2.45. The molecule has 0 spiro atoms. The van der Waals surface area contributed by atoms with Crippen LogP contribution in [0.5, 0.6) is 0 Å². The zero-order valence-electron chi connectivity index (χ0n) is 15.9. The molecule has 2 aromatic heterocycles. The molecule has 1 atom stereocenters. The maximum absolute atomic E-state index is 12.4. The van der Waals surface area contributed by atoms with Crippen molar-refractivity contribution in [2.75, 3.05) is 32.5 Å². The smallest absolute Gasteiger partial charge is 0.281 e. The molecule has 1 saturated heterocycles. The summed E-state index contributed by atoms with van der Waals surface area (Å²) in [4.78, 5) is 8.60. The zero-order chi connectivity index (χ0) is 19.3. The van der Waals surface area contributed by atoms with Crippen LogP contribution in [0.4, 0.5) is 11.6 Å². The lowest BCUT2D eigenvalue weighted by Gasteiger charge is -2.33. The van der Waals surface area contributed by atoms with E-state index < -0.39 is 10.2 Å². The summed E-state index contributed by atoms with van der Waals surface area (Å²) >= 11 is 0. The first kappa shape index (κ1) is 19.7. The van der Waals surface area contributed by atoms with Crippen LogP contribution in [-0.4, -0.2) is 54.2 Å². The Bertz CT molecular complexity index is 842. The Morgan fingerprint density at radius 2 is 2.00 bits per heavy atom. The number of anilines is 2. The van der Waals surface area contributed by atoms with E-state index in [-0.39, 0.29) is 0 Å². The van der Waals surface area contributed by atoms with Gasteiger partial charge < -0.3 is 5.32 Å². The third-order valence-corrected chi connectivity index (χ3v) is 6.76. The van der Waals surface area contributed by atoms with E-state index in [1.807, 2.05) is 30.3 Å². The van der Waals surface area contributed by atoms with Gasteiger partial charge in [-0.25, -0.2) is 9.97 Å². The zero-order valence-corrected chi connectivity index (χ0v) is 16.7. The fraction of sp³-hybridized carbons (Fsp3) is 0.474. The molecule has 0 aromatic carbocycles. The molecule has 1 fully saturated rings. The van der Waals surface area contributed by atoms with Gasteiger partial charge in [0.2, 0.25) is 0 Å². The molecule has 0 unspecified atom stereocenters. The maximum Gasteiger partial charge on any atom is 0.281 e. The number of aromatic nitrogens is 2. The molecule has 2 aromatic rings. The van der Waals surface area contributed by atoms with Crippen molar-refractivity contribution in [1.29, 1.82) is 0 Å². The highest BCUT2D eigenvalue weighted by Gasteiger charge is 2.30. The average molecular weight is 390 g/mol. The van der Waals surface area contributed by atoms with Gasteiger partial charge in [-0.3, -0.25) is 0 Å². The van der Waals surface area contributed by atoms with Gasteiger partial charge in [-0.05, 0) is 61.4 Å². The predicted octanol–water partition coefficient (Wildman–Crippen LogP) is 2.67. The van der Waals surface area contributed by atoms with Crippen molar-refractivity contribution in [1.82, 2.24) is 18.6 Å². The van der Waals surface area contributed by atoms with Gasteiger partial charge in [0.15, 0.2) is 0 Å². The molecule has 3 rings (SSSR count). The Morgan fingerprint density at radius 1 is 1.19 bits per heavy atom. The number of hydrogen-bond donors (Lipinski definition) is 1. The van der Waals surface area contributed by atoms with Crippen molar-refractivity contribution in [3.63, 3.8) is 0 Å². The Hall–Kier alpha value is -2.03. The normalized spacial score (nSPS) is 18.6. The highest BCUT2D eigenvalue weighted by Crippen LogP contribution is 2.24. The molecule has 1 N–H and O–H groups in total. The molecule has 0 radical (unpaired) electrons. The fourth-order valence-corrected chi connectivity index (χ4v) is 4.56. The van der Waals surface area contributed by atoms with E-state index in [2.05, 4.69) is 15.3 Å². The molecule has 0 bridgehead atoms. The minimum absolute atomic E-state index is 0.383. The van der Waals surface area contributed by atoms with Gasteiger partial charge in [0.05, 0.1) is 0 Å². The van der Waals surface area contributed by atoms with Crippen LogP contribution in [0.2, 0.25) is 0 Å². The minimum Gasteiger partial charge on any atom is -0.325 e. The number of aryl methyl sites for hydroxylation is 1. The number of hydrogen-bond acceptors (Lipinski definition) is 5. The highest BCUT2D eigenvalue weighted by atomic mass is 32.2. The molecular weight excluding hydrogens is 362 g/mol. The number of nitrogens with one attached hydrogen (secondary N) is 1. The molecule has 0 saturated carbocycles. The van der Waals surface area contributed by atoms with Gasteiger partial charge in [-0.1, -0.05) is 6.07 Å². The topological polar surface area (TPSA) is 78.4 Å². The SMILES string of the molecule is CN(C)S(=O)(=O)N1CCC[C@H](CCc2ccnc(Nc3ccccn3)c2)C1. The van der Waals surface area contributed by atoms with E-state index in [0.717, 1.165) is 37.3 Å². The Balaban J connectivity index is 1.58. The van der Waals surface area contributed by atoms with E-state index in [4.69, 9.17) is 0 Å². The first-order valence-corrected chi connectivity index (χ1v) is 10.7. The summed E-state index contributed by atoms with van der Waals surface area (Å²) < 4.78 is 27.6. The van der Waals surface area contributed by atoms with E-state index in [1.54, 1.807) is 30.8 Å². The molecule has 146 valence electrons. The van der Waals surface area contributed by atoms with Gasteiger partial charge in [0.1, 0.15) is 11.6 Å². The van der Waals surface area contributed by atoms with Gasteiger partial charge >= 0.3 is 0 Å². The first-order chi connectivity index (χ1) is 12.9. The van der Waals surface area contributed by atoms with Crippen LogP contribution in [0.1, 0.15) is 24.8 Å². The largest absolute Gasteiger partial charge is 0.325 e. The Morgan fingerprint density at radius 3 is 2.74 bits per heavy atom. The lowest BCUT2D eigenvalue weighted by atomic mass is 9.93. The second-order valence-corrected chi connectivity index (χ2v) is 9.23. The Kier molecular flexibility index (Phi) is 6.41. The third-order valence-electron chi connectivity index (χ3n) is 4.86. The number of piperidine rings is 1. The van der Waals surface area contributed by atoms with Crippen molar-refractivity contribution in [3.05, 3.63) is 48.3 Å². The molecular formula is C19H27N5O2S. The summed E-state index contributed by atoms with van der Waals surface area (Å²) in [6.45, 7) is 1.22. The van der Waals surface area contributed by atoms with Crippen molar-refractivity contribution >= 4 is 21.8 Å². The van der Waals surface area contributed by atoms with Crippen LogP contribution in [0.15, 0.2) is 42.7 Å². The molecule has 3 heterocycles. The first-order valence-electron chi connectivity index (χ1n) is 9.26. The van der Waals surface area contributed by atoms with Crippen LogP contribution in [0.25, 0.3) is 0 Å². The average Bonchev–Trinajstić information content (AvgIpc) is 2.67. The molecule has 0 aliphatic carbocycles. The lowest BCUT2D eigenvalue weighted by molar-refractivity contribution is 0.246. The fourth-order valence-electron chi connectivity index (χ4n) is 3.34. The van der Waals surface area contributed by atoms with Gasteiger partial charge in [-0.2, -0.15) is 17.0 Å². The quantitative estimate of drug-likeness (QED) is 0.788. The minimum atomic E-state index is -3.32. The van der Waals surface area contributed by atoms with Crippen LogP contribution in [0, 0.1) is 5.92 Å². The Labute approximate surface area is 161 Å². The van der Waals surface area contributed by atoms with E-state index >= 15 is 0 Å². The van der Waals surface area contributed by atoms with Crippen molar-refractivity contribution < 1.29 is 8.42 Å². The van der Waals surface area contributed by atoms with E-state index in [1.165, 1.54) is 9.87 Å². The van der Waals surface area contributed by atoms with Gasteiger partial charge in [-0.15, -0.1) is 0 Å². The van der Waals surface area contributed by atoms with Crippen LogP contribution >= 0.6 is 0 Å². The molecule has 8 heteroatoms. The predicted molar refractivity (Wildman–Crippen MR) is 107 cm³/mol. The van der Waals surface area contributed by atoms with Gasteiger partial charge in [0.25, 0.3) is 10.2 Å². The van der Waals surface area contributed by atoms with Crippen molar-refractivity contribution in [3.8, 4) is 0 Å². The standard InChI is InChI=1S/C19H27N5O2S/c1-23(2)27(25,26)24-13-5-6-17(15-24)9-8-16-10-12-21-19(14-16)22-18-7-3-4-11-20-18/h3-4,7,10-12,14,17H,5-6,8-9,13,15H2,1-2H3,(H,20,21,22)/t17-/m1/s1. The van der Waals surface area contributed by atoms with Gasteiger partial charge in [0, 0.05) is 39.6 Å². The van der Waals surface area contributed by atoms with Crippen LogP contribution < -0.4 is 5.32 Å². The summed E-state index contributed by atoms with van der Waals surface area (Å²) in [6.07, 6.45) is 7.39. The third kappa shape index (κ3) is 5.24. The van der Waals surface area contributed by atoms with Crippen LogP contribution in [-0.2, 0) is 16.6 Å². The molecule has 0 amide bonds. The second-order valence-electron chi connectivity index (χ2n) is 7.08. The van der Waals surface area contributed by atoms with Crippen molar-refractivity contribution in [2.45, 2.75) is 25.7 Å². The van der Waals surface area contributed by atoms with E-state index in [0.29, 0.717) is 19.0 Å². The molecule has 1 aliphatic rings. The van der Waals surface area contributed by atoms with E-state index in [9.17, 15) is 8.42 Å². The summed E-state index contributed by atoms with van der Waals surface area (Å²) in [5.41, 5.74) is 1.19. The number of nitrogens with zero attached hydrogens (tertiary/aromatic N) is 4. The number of pyridine rings is 2. The maximum atomic E-state index is 12.4. The summed E-state index contributed by atoms with van der Waals surface area (Å²) in [6, 6.07) is 9.75.